The van der Waals surface area contributed by atoms with Gasteiger partial charge < -0.3 is 9.64 Å². The fourth-order valence-electron chi connectivity index (χ4n) is 4.23. The van der Waals surface area contributed by atoms with Gasteiger partial charge in [-0.1, -0.05) is 65.8 Å². The largest absolute Gasteiger partial charge is 0.489 e. The number of hydrogen-bond acceptors (Lipinski definition) is 5. The van der Waals surface area contributed by atoms with Crippen LogP contribution in [-0.4, -0.2) is 42.3 Å². The Hall–Kier alpha value is -2.81. The molecule has 0 radical (unpaired) electrons. The van der Waals surface area contributed by atoms with Crippen LogP contribution in [0.2, 0.25) is 5.02 Å². The zero-order valence-corrected chi connectivity index (χ0v) is 21.1. The molecule has 35 heavy (non-hydrogen) atoms. The van der Waals surface area contributed by atoms with Crippen molar-refractivity contribution in [1.82, 2.24) is 0 Å². The monoisotopic (exact) mass is 526 g/mol. The minimum absolute atomic E-state index is 0.0430. The maximum atomic E-state index is 12.8. The summed E-state index contributed by atoms with van der Waals surface area (Å²) in [6.07, 6.45) is 0.148. The number of amidine groups is 1. The van der Waals surface area contributed by atoms with Crippen molar-refractivity contribution in [2.45, 2.75) is 24.3 Å². The normalized spacial score (nSPS) is 21.7. The third kappa shape index (κ3) is 5.72. The van der Waals surface area contributed by atoms with Crippen LogP contribution in [0.4, 0.5) is 5.69 Å². The van der Waals surface area contributed by atoms with Crippen LogP contribution >= 0.6 is 23.4 Å². The van der Waals surface area contributed by atoms with Gasteiger partial charge in [0.1, 0.15) is 12.4 Å². The van der Waals surface area contributed by atoms with E-state index in [-0.39, 0.29) is 35.1 Å². The van der Waals surface area contributed by atoms with Crippen LogP contribution in [0, 0.1) is 0 Å². The fraction of sp³-hybridized carbons (Fsp3) is 0.231. The summed E-state index contributed by atoms with van der Waals surface area (Å²) in [7, 11) is -3.14. The molecule has 5 rings (SSSR count). The molecule has 0 aromatic heterocycles. The lowest BCUT2D eigenvalue weighted by molar-refractivity contribution is -0.117. The zero-order chi connectivity index (χ0) is 24.4. The number of anilines is 1. The number of fused-ring (bicyclic) bond motifs is 1. The minimum atomic E-state index is -3.14. The van der Waals surface area contributed by atoms with Crippen LogP contribution in [-0.2, 0) is 27.7 Å². The molecule has 0 bridgehead atoms. The molecular formula is C26H23ClN2O4S2. The highest BCUT2D eigenvalue weighted by Gasteiger charge is 2.49. The van der Waals surface area contributed by atoms with Crippen LogP contribution < -0.4 is 9.64 Å². The molecule has 2 aliphatic heterocycles. The second-order valence-electron chi connectivity index (χ2n) is 8.53. The van der Waals surface area contributed by atoms with Crippen molar-refractivity contribution < 1.29 is 17.9 Å². The Labute approximate surface area is 213 Å². The summed E-state index contributed by atoms with van der Waals surface area (Å²) < 4.78 is 30.5. The molecule has 3 aromatic rings. The number of rotatable bonds is 6. The quantitative estimate of drug-likeness (QED) is 0.461. The van der Waals surface area contributed by atoms with Crippen LogP contribution in [0.25, 0.3) is 0 Å². The topological polar surface area (TPSA) is 76.0 Å². The van der Waals surface area contributed by atoms with Gasteiger partial charge in [0.25, 0.3) is 5.91 Å². The van der Waals surface area contributed by atoms with Crippen molar-refractivity contribution in [3.05, 3.63) is 95.0 Å². The van der Waals surface area contributed by atoms with Crippen molar-refractivity contribution in [3.8, 4) is 5.75 Å². The van der Waals surface area contributed by atoms with E-state index in [2.05, 4.69) is 4.99 Å². The highest BCUT2D eigenvalue weighted by atomic mass is 35.5. The third-order valence-electron chi connectivity index (χ3n) is 5.92. The van der Waals surface area contributed by atoms with Crippen LogP contribution in [0.1, 0.15) is 11.1 Å². The van der Waals surface area contributed by atoms with Gasteiger partial charge in [-0.05, 0) is 47.5 Å². The van der Waals surface area contributed by atoms with E-state index in [1.165, 1.54) is 11.8 Å². The SMILES string of the molecule is O=C(Cc1ccc(Cl)cc1)N=C1S[C@H]2CS(=O)(=O)C[C@H]2N1c1ccc(OCc2ccccc2)cc1. The van der Waals surface area contributed by atoms with E-state index in [1.807, 2.05) is 59.5 Å². The second-order valence-corrected chi connectivity index (χ2v) is 12.3. The number of sulfone groups is 1. The van der Waals surface area contributed by atoms with Crippen molar-refractivity contribution in [1.29, 1.82) is 0 Å². The first-order chi connectivity index (χ1) is 16.9. The number of hydrogen-bond donors (Lipinski definition) is 0. The van der Waals surface area contributed by atoms with Gasteiger partial charge in [0.2, 0.25) is 0 Å². The van der Waals surface area contributed by atoms with Gasteiger partial charge in [0.15, 0.2) is 15.0 Å². The molecule has 0 unspecified atom stereocenters. The molecule has 2 saturated heterocycles. The number of aliphatic imine (C=N–C) groups is 1. The zero-order valence-electron chi connectivity index (χ0n) is 18.7. The molecule has 2 atom stereocenters. The van der Waals surface area contributed by atoms with E-state index < -0.39 is 9.84 Å². The van der Waals surface area contributed by atoms with Gasteiger partial charge in [0.05, 0.1) is 24.0 Å². The molecule has 3 aromatic carbocycles. The minimum Gasteiger partial charge on any atom is -0.489 e. The number of halogens is 1. The number of thioether (sulfide) groups is 1. The van der Waals surface area contributed by atoms with Crippen molar-refractivity contribution in [3.63, 3.8) is 0 Å². The van der Waals surface area contributed by atoms with E-state index in [0.29, 0.717) is 22.5 Å². The Morgan fingerprint density at radius 1 is 0.971 bits per heavy atom. The van der Waals surface area contributed by atoms with Gasteiger partial charge in [-0.3, -0.25) is 4.79 Å². The summed E-state index contributed by atoms with van der Waals surface area (Å²) in [5.74, 6) is 0.547. The molecule has 1 amide bonds. The molecule has 2 aliphatic rings. The van der Waals surface area contributed by atoms with Gasteiger partial charge in [-0.2, -0.15) is 4.99 Å². The van der Waals surface area contributed by atoms with E-state index in [9.17, 15) is 13.2 Å². The van der Waals surface area contributed by atoms with Gasteiger partial charge >= 0.3 is 0 Å². The Morgan fingerprint density at radius 3 is 2.40 bits per heavy atom. The van der Waals surface area contributed by atoms with Crippen molar-refractivity contribution >= 4 is 50.0 Å². The summed E-state index contributed by atoms with van der Waals surface area (Å²) in [6, 6.07) is 24.2. The Kier molecular flexibility index (Phi) is 6.86. The Balaban J connectivity index is 1.35. The van der Waals surface area contributed by atoms with Crippen LogP contribution in [0.3, 0.4) is 0 Å². The molecule has 6 nitrogen and oxygen atoms in total. The number of ether oxygens (including phenoxy) is 1. The lowest BCUT2D eigenvalue weighted by atomic mass is 10.1. The Bertz CT molecular complexity index is 1340. The average Bonchev–Trinajstić information content (AvgIpc) is 3.30. The smallest absolute Gasteiger partial charge is 0.252 e. The fourth-order valence-corrected chi connectivity index (χ4v) is 8.29. The highest BCUT2D eigenvalue weighted by Crippen LogP contribution is 2.41. The molecule has 0 N–H and O–H groups in total. The second kappa shape index (κ2) is 10.0. The average molecular weight is 527 g/mol. The van der Waals surface area contributed by atoms with Crippen molar-refractivity contribution in [2.24, 2.45) is 4.99 Å². The summed E-state index contributed by atoms with van der Waals surface area (Å²) in [6.45, 7) is 0.453. The molecule has 0 spiro atoms. The molecule has 0 saturated carbocycles. The first-order valence-electron chi connectivity index (χ1n) is 11.2. The van der Waals surface area contributed by atoms with Crippen LogP contribution in [0.5, 0.6) is 5.75 Å². The molecule has 180 valence electrons. The lowest BCUT2D eigenvalue weighted by Crippen LogP contribution is -2.37. The standard InChI is InChI=1S/C26H23ClN2O4S2/c27-20-8-6-18(7-9-20)14-25(30)28-26-29(23-16-35(31,32)17-24(23)34-26)21-10-12-22(13-11-21)33-15-19-4-2-1-3-5-19/h1-13,23-24H,14-17H2/t23-,24+/m1/s1. The number of carbonyl (C=O) groups excluding carboxylic acids is 1. The molecule has 0 aliphatic carbocycles. The van der Waals surface area contributed by atoms with Crippen molar-refractivity contribution in [2.75, 3.05) is 16.4 Å². The lowest BCUT2D eigenvalue weighted by Gasteiger charge is -2.24. The highest BCUT2D eigenvalue weighted by molar-refractivity contribution is 8.16. The molecule has 9 heteroatoms. The van der Waals surface area contributed by atoms with E-state index in [0.717, 1.165) is 16.8 Å². The maximum absolute atomic E-state index is 12.8. The van der Waals surface area contributed by atoms with Gasteiger partial charge in [-0.25, -0.2) is 8.42 Å². The first kappa shape index (κ1) is 23.9. The van der Waals surface area contributed by atoms with Gasteiger partial charge in [0, 0.05) is 16.0 Å². The molecule has 2 fully saturated rings. The molecular weight excluding hydrogens is 504 g/mol. The first-order valence-corrected chi connectivity index (χ1v) is 14.2. The predicted molar refractivity (Wildman–Crippen MR) is 141 cm³/mol. The summed E-state index contributed by atoms with van der Waals surface area (Å²) >= 11 is 7.29. The number of benzene rings is 3. The maximum Gasteiger partial charge on any atom is 0.252 e. The van der Waals surface area contributed by atoms with E-state index in [1.54, 1.807) is 24.3 Å². The van der Waals surface area contributed by atoms with E-state index in [4.69, 9.17) is 16.3 Å². The summed E-state index contributed by atoms with van der Waals surface area (Å²) in [5, 5.41) is 0.984. The van der Waals surface area contributed by atoms with Crippen LogP contribution in [0.15, 0.2) is 83.9 Å². The Morgan fingerprint density at radius 2 is 1.69 bits per heavy atom. The number of nitrogens with zero attached hydrogens (tertiary/aromatic N) is 2. The summed E-state index contributed by atoms with van der Waals surface area (Å²) in [4.78, 5) is 19.0. The number of amides is 1. The van der Waals surface area contributed by atoms with Gasteiger partial charge in [-0.15, -0.1) is 0 Å². The number of carbonyl (C=O) groups is 1. The van der Waals surface area contributed by atoms with E-state index >= 15 is 0 Å². The predicted octanol–water partition coefficient (Wildman–Crippen LogP) is 4.76. The third-order valence-corrected chi connectivity index (χ3v) is 9.38. The summed E-state index contributed by atoms with van der Waals surface area (Å²) in [5.41, 5.74) is 2.67. The molecule has 2 heterocycles.